The van der Waals surface area contributed by atoms with Crippen molar-refractivity contribution in [1.29, 1.82) is 5.26 Å². The second kappa shape index (κ2) is 18.8. The Labute approximate surface area is 429 Å². The number of fused-ring (bicyclic) bond motifs is 2. The van der Waals surface area contributed by atoms with Crippen LogP contribution < -0.4 is 33.3 Å². The summed E-state index contributed by atoms with van der Waals surface area (Å²) < 4.78 is 85.7. The summed E-state index contributed by atoms with van der Waals surface area (Å²) in [6, 6.07) is 21.9. The molecule has 4 amide bonds. The van der Waals surface area contributed by atoms with E-state index in [4.69, 9.17) is 36.3 Å². The van der Waals surface area contributed by atoms with Crippen LogP contribution in [-0.2, 0) is 45.4 Å². The van der Waals surface area contributed by atoms with E-state index in [0.717, 1.165) is 33.3 Å². The third-order valence-electron chi connectivity index (χ3n) is 13.3. The smallest absolute Gasteiger partial charge is 0.274 e. The summed E-state index contributed by atoms with van der Waals surface area (Å²) >= 11 is 7.88. The minimum Gasteiger partial charge on any atom is -0.497 e. The third-order valence-corrected chi connectivity index (χ3v) is 17.8. The summed E-state index contributed by atoms with van der Waals surface area (Å²) in [7, 11) is -2.41. The van der Waals surface area contributed by atoms with E-state index in [2.05, 4.69) is 4.98 Å². The number of primary amides is 1. The highest BCUT2D eigenvalue weighted by atomic mass is 35.5. The van der Waals surface area contributed by atoms with Gasteiger partial charge in [0, 0.05) is 59.0 Å². The van der Waals surface area contributed by atoms with Crippen molar-refractivity contribution >= 4 is 78.0 Å². The van der Waals surface area contributed by atoms with Crippen LogP contribution in [0.15, 0.2) is 118 Å². The number of thiophene rings is 1. The Morgan fingerprint density at radius 3 is 2.14 bits per heavy atom. The third kappa shape index (κ3) is 7.23. The number of carbonyl (C=O) groups excluding carboxylic acids is 4. The predicted octanol–water partition coefficient (Wildman–Crippen LogP) is 5.67. The summed E-state index contributed by atoms with van der Waals surface area (Å²) in [5, 5.41) is 13.5. The number of likely N-dealkylation sites (N-methyl/N-ethyl adjacent to an activating group) is 2. The molecule has 0 saturated heterocycles. The second-order valence-electron chi connectivity index (χ2n) is 16.9. The van der Waals surface area contributed by atoms with Gasteiger partial charge in [0.15, 0.2) is 5.54 Å². The Bertz CT molecular complexity index is 3550. The molecule has 8 rings (SSSR count). The number of anilines is 2. The van der Waals surface area contributed by atoms with Gasteiger partial charge in [-0.05, 0) is 93.0 Å². The van der Waals surface area contributed by atoms with Crippen LogP contribution in [0, 0.1) is 11.3 Å². The van der Waals surface area contributed by atoms with Crippen molar-refractivity contribution in [2.45, 2.75) is 40.1 Å². The van der Waals surface area contributed by atoms with Crippen LogP contribution >= 0.6 is 22.9 Å². The number of methoxy groups -OCH3 is 3. The summed E-state index contributed by atoms with van der Waals surface area (Å²) in [6.07, 6.45) is 1.33. The van der Waals surface area contributed by atoms with Crippen LogP contribution in [0.3, 0.4) is 0 Å². The fourth-order valence-electron chi connectivity index (χ4n) is 10.2. The first-order valence-corrected chi connectivity index (χ1v) is 26.1. The molecule has 19 nitrogen and oxygen atoms in total. The zero-order valence-corrected chi connectivity index (χ0v) is 43.6. The summed E-state index contributed by atoms with van der Waals surface area (Å²) in [4.78, 5) is 70.2. The Morgan fingerprint density at radius 1 is 0.836 bits per heavy atom. The van der Waals surface area contributed by atoms with Crippen LogP contribution in [0.4, 0.5) is 11.4 Å². The zero-order valence-electron chi connectivity index (χ0n) is 40.4. The molecule has 0 spiro atoms. The van der Waals surface area contributed by atoms with Crippen molar-refractivity contribution in [2.75, 3.05) is 57.7 Å². The molecule has 73 heavy (non-hydrogen) atoms. The molecule has 2 aliphatic heterocycles. The lowest BCUT2D eigenvalue weighted by Crippen LogP contribution is -2.75. The number of benzene rings is 4. The lowest BCUT2D eigenvalue weighted by atomic mass is 9.58. The zero-order chi connectivity index (χ0) is 53.2. The summed E-state index contributed by atoms with van der Waals surface area (Å²) in [5.41, 5.74) is -5.29. The summed E-state index contributed by atoms with van der Waals surface area (Å²) in [5.74, 6) is -5.43. The molecule has 2 N–H and O–H groups in total. The molecule has 378 valence electrons. The standard InChI is InChI=1S/C50H46ClN7O12S3/c1-9-70-38-15-11-10-13-33(38)49(42-37(19-16-29(27-52)41(42)43(53)59)58(46(49)61)72(63,64)32-22-24-71-28-32)48(2,45(60)55(3)4)56(5)50(34-14-12-23-54-44(34)69-8)35-25-30(51)17-20-36(35)57(47(50)62)73(65,66)40-21-18-31(67-6)26-39(40)68-7/h10-26,28H,9H2,1-8H3,(H2,53,59)/t48?,49?,50-/m1/s1. The quantitative estimate of drug-likeness (QED) is 0.123. The number of para-hydroxylation sites is 1. The summed E-state index contributed by atoms with van der Waals surface area (Å²) in [6.45, 7) is 2.81. The SMILES string of the molecule is CCOc1ccccc1C1(C(C)(C(=O)N(C)C)N(C)[C@@]2(c3cccnc3OC)C(=O)N(S(=O)(=O)c3ccc(OC)cc3OC)c3ccc(Cl)cc32)C(=O)N(S(=O)(=O)c2ccsc2)c2ccc(C#N)c(C(N)=O)c21. The molecular weight excluding hydrogens is 1020 g/mol. The van der Waals surface area contributed by atoms with Gasteiger partial charge in [-0.2, -0.15) is 16.6 Å². The number of nitrogens with two attached hydrogens (primary N) is 1. The maximum atomic E-state index is 16.9. The molecule has 0 fully saturated rings. The van der Waals surface area contributed by atoms with Crippen molar-refractivity contribution in [3.63, 3.8) is 0 Å². The number of carbonyl (C=O) groups is 4. The largest absolute Gasteiger partial charge is 0.497 e. The van der Waals surface area contributed by atoms with Crippen LogP contribution in [-0.4, -0.2) is 110 Å². The van der Waals surface area contributed by atoms with Gasteiger partial charge in [-0.1, -0.05) is 29.8 Å². The molecule has 4 heterocycles. The minimum absolute atomic E-state index is 0.0319. The van der Waals surface area contributed by atoms with Crippen molar-refractivity contribution in [2.24, 2.45) is 5.73 Å². The lowest BCUT2D eigenvalue weighted by Gasteiger charge is -2.55. The molecular formula is C50H46ClN7O12S3. The fraction of sp³-hybridized carbons (Fsp3) is 0.240. The van der Waals surface area contributed by atoms with Crippen LogP contribution in [0.25, 0.3) is 0 Å². The lowest BCUT2D eigenvalue weighted by molar-refractivity contribution is -0.156. The molecule has 2 aromatic heterocycles. The van der Waals surface area contributed by atoms with Gasteiger partial charge in [-0.15, -0.1) is 0 Å². The second-order valence-corrected chi connectivity index (χ2v) is 21.7. The number of hydrogen-bond acceptors (Lipinski definition) is 16. The topological polar surface area (TPSA) is 249 Å². The van der Waals surface area contributed by atoms with Crippen molar-refractivity contribution in [3.8, 4) is 29.2 Å². The van der Waals surface area contributed by atoms with E-state index >= 15 is 31.2 Å². The molecule has 6 aromatic rings. The van der Waals surface area contributed by atoms with Gasteiger partial charge in [-0.25, -0.2) is 30.4 Å². The van der Waals surface area contributed by atoms with Crippen LogP contribution in [0.1, 0.15) is 52.0 Å². The van der Waals surface area contributed by atoms with E-state index in [1.54, 1.807) is 13.0 Å². The first-order valence-electron chi connectivity index (χ1n) is 21.9. The Morgan fingerprint density at radius 2 is 1.52 bits per heavy atom. The number of rotatable bonds is 16. The number of nitrogens with zero attached hydrogens (tertiary/aromatic N) is 6. The van der Waals surface area contributed by atoms with Crippen LogP contribution in [0.5, 0.6) is 23.1 Å². The molecule has 2 unspecified atom stereocenters. The molecule has 0 radical (unpaired) electrons. The maximum Gasteiger partial charge on any atom is 0.274 e. The van der Waals surface area contributed by atoms with Crippen molar-refractivity contribution in [1.82, 2.24) is 14.8 Å². The first-order chi connectivity index (χ1) is 34.6. The fourth-order valence-corrected chi connectivity index (χ4v) is 14.5. The average Bonchev–Trinajstić information content (AvgIpc) is 4.09. The van der Waals surface area contributed by atoms with E-state index in [1.165, 1.54) is 139 Å². The number of nitriles is 1. The molecule has 2 aliphatic rings. The van der Waals surface area contributed by atoms with Gasteiger partial charge in [0.25, 0.3) is 31.9 Å². The number of amides is 4. The molecule has 0 saturated carbocycles. The number of aromatic nitrogens is 1. The van der Waals surface area contributed by atoms with Crippen LogP contribution in [0.2, 0.25) is 5.02 Å². The number of halogens is 1. The average molecular weight is 1070 g/mol. The monoisotopic (exact) mass is 1070 g/mol. The Balaban J connectivity index is 1.64. The molecule has 0 bridgehead atoms. The molecule has 3 atom stereocenters. The number of ether oxygens (including phenoxy) is 4. The molecule has 23 heteroatoms. The van der Waals surface area contributed by atoms with Crippen molar-refractivity contribution < 1.29 is 55.0 Å². The highest BCUT2D eigenvalue weighted by Gasteiger charge is 2.75. The van der Waals surface area contributed by atoms with E-state index < -0.39 is 87.4 Å². The number of hydrogen-bond donors (Lipinski definition) is 1. The predicted molar refractivity (Wildman–Crippen MR) is 269 cm³/mol. The highest BCUT2D eigenvalue weighted by Crippen LogP contribution is 2.63. The van der Waals surface area contributed by atoms with Gasteiger partial charge < -0.3 is 29.6 Å². The van der Waals surface area contributed by atoms with E-state index in [1.807, 2.05) is 6.07 Å². The molecule has 0 aliphatic carbocycles. The normalized spacial score (nSPS) is 18.2. The minimum atomic E-state index is -5.13. The van der Waals surface area contributed by atoms with Gasteiger partial charge in [0.1, 0.15) is 33.1 Å². The Hall–Kier alpha value is -7.55. The number of sulfonamides is 2. The number of pyridine rings is 1. The highest BCUT2D eigenvalue weighted by molar-refractivity contribution is 7.94. The first kappa shape index (κ1) is 51.8. The maximum absolute atomic E-state index is 16.9. The van der Waals surface area contributed by atoms with Gasteiger partial charge >= 0.3 is 0 Å². The van der Waals surface area contributed by atoms with Crippen molar-refractivity contribution in [3.05, 3.63) is 146 Å². The van der Waals surface area contributed by atoms with Gasteiger partial charge in [0.2, 0.25) is 17.7 Å². The Kier molecular flexibility index (Phi) is 13.3. The van der Waals surface area contributed by atoms with Gasteiger partial charge in [-0.3, -0.25) is 24.1 Å². The van der Waals surface area contributed by atoms with Gasteiger partial charge in [0.05, 0.1) is 61.4 Å². The van der Waals surface area contributed by atoms with E-state index in [9.17, 15) is 10.1 Å². The molecule has 4 aromatic carbocycles. The van der Waals surface area contributed by atoms with E-state index in [-0.39, 0.29) is 62.0 Å². The van der Waals surface area contributed by atoms with E-state index in [0.29, 0.717) is 8.61 Å².